The van der Waals surface area contributed by atoms with Crippen LogP contribution in [-0.2, 0) is 6.54 Å². The molecule has 0 heterocycles. The summed E-state index contributed by atoms with van der Waals surface area (Å²) in [7, 11) is 1.88. The Labute approximate surface area is 126 Å². The van der Waals surface area contributed by atoms with Crippen molar-refractivity contribution in [1.82, 2.24) is 10.2 Å². The highest BCUT2D eigenvalue weighted by Crippen LogP contribution is 2.24. The Kier molecular flexibility index (Phi) is 5.72. The van der Waals surface area contributed by atoms with Gasteiger partial charge in [-0.3, -0.25) is 0 Å². The summed E-state index contributed by atoms with van der Waals surface area (Å²) in [5.74, 6) is 0.672. The zero-order valence-electron chi connectivity index (χ0n) is 12.1. The third kappa shape index (κ3) is 4.71. The van der Waals surface area contributed by atoms with Gasteiger partial charge < -0.3 is 10.2 Å². The lowest BCUT2D eigenvalue weighted by molar-refractivity contribution is 0.192. The summed E-state index contributed by atoms with van der Waals surface area (Å²) in [4.78, 5) is 13.9. The number of hydrogen-bond donors (Lipinski definition) is 1. The number of amides is 2. The van der Waals surface area contributed by atoms with E-state index in [1.807, 2.05) is 31.3 Å². The van der Waals surface area contributed by atoms with Gasteiger partial charge in [0.15, 0.2) is 0 Å². The van der Waals surface area contributed by atoms with E-state index in [-0.39, 0.29) is 6.03 Å². The first-order chi connectivity index (χ1) is 9.65. The van der Waals surface area contributed by atoms with E-state index in [9.17, 15) is 4.79 Å². The van der Waals surface area contributed by atoms with E-state index in [1.54, 1.807) is 4.90 Å². The topological polar surface area (TPSA) is 32.3 Å². The van der Waals surface area contributed by atoms with Gasteiger partial charge in [0.2, 0.25) is 0 Å². The van der Waals surface area contributed by atoms with Gasteiger partial charge in [-0.2, -0.15) is 0 Å². The first-order valence-electron chi connectivity index (χ1n) is 7.38. The van der Waals surface area contributed by atoms with Crippen LogP contribution < -0.4 is 5.32 Å². The molecule has 110 valence electrons. The number of nitrogens with zero attached hydrogens (tertiary/aromatic N) is 1. The van der Waals surface area contributed by atoms with E-state index >= 15 is 0 Å². The van der Waals surface area contributed by atoms with Gasteiger partial charge in [0.1, 0.15) is 0 Å². The Morgan fingerprint density at radius 3 is 2.80 bits per heavy atom. The van der Waals surface area contributed by atoms with E-state index in [4.69, 9.17) is 11.6 Å². The van der Waals surface area contributed by atoms with Crippen molar-refractivity contribution in [3.8, 4) is 0 Å². The van der Waals surface area contributed by atoms with Crippen LogP contribution in [0.1, 0.15) is 37.7 Å². The van der Waals surface area contributed by atoms with Gasteiger partial charge in [0, 0.05) is 25.2 Å². The molecule has 1 aromatic carbocycles. The first-order valence-corrected chi connectivity index (χ1v) is 7.76. The minimum atomic E-state index is -0.00412. The van der Waals surface area contributed by atoms with E-state index in [2.05, 4.69) is 5.32 Å². The van der Waals surface area contributed by atoms with Gasteiger partial charge in [-0.15, -0.1) is 0 Å². The molecule has 0 aliphatic heterocycles. The SMILES string of the molecule is CN(CC1CCCCC1)C(=O)NCc1cccc(Cl)c1. The average molecular weight is 295 g/mol. The number of benzene rings is 1. The molecule has 0 unspecified atom stereocenters. The Bertz CT molecular complexity index is 444. The molecule has 1 N–H and O–H groups in total. The fourth-order valence-electron chi connectivity index (χ4n) is 2.80. The second kappa shape index (κ2) is 7.53. The highest BCUT2D eigenvalue weighted by Gasteiger charge is 2.17. The minimum absolute atomic E-state index is 0.00412. The van der Waals surface area contributed by atoms with Crippen molar-refractivity contribution < 1.29 is 4.79 Å². The molecule has 20 heavy (non-hydrogen) atoms. The molecular formula is C16H23ClN2O. The van der Waals surface area contributed by atoms with Crippen molar-refractivity contribution in [3.63, 3.8) is 0 Å². The maximum atomic E-state index is 12.1. The molecule has 1 aromatic rings. The normalized spacial score (nSPS) is 15.9. The van der Waals surface area contributed by atoms with Crippen LogP contribution in [0.3, 0.4) is 0 Å². The fourth-order valence-corrected chi connectivity index (χ4v) is 3.01. The standard InChI is InChI=1S/C16H23ClN2O/c1-19(12-13-6-3-2-4-7-13)16(20)18-11-14-8-5-9-15(17)10-14/h5,8-10,13H,2-4,6-7,11-12H2,1H3,(H,18,20). The van der Waals surface area contributed by atoms with Crippen molar-refractivity contribution in [2.75, 3.05) is 13.6 Å². The Hall–Kier alpha value is -1.22. The minimum Gasteiger partial charge on any atom is -0.334 e. The van der Waals surface area contributed by atoms with Gasteiger partial charge >= 0.3 is 6.03 Å². The predicted octanol–water partition coefficient (Wildman–Crippen LogP) is 4.06. The van der Waals surface area contributed by atoms with Crippen LogP contribution in [-0.4, -0.2) is 24.5 Å². The van der Waals surface area contributed by atoms with Crippen LogP contribution in [0.5, 0.6) is 0 Å². The second-order valence-electron chi connectivity index (χ2n) is 5.67. The van der Waals surface area contributed by atoms with Crippen LogP contribution in [0.15, 0.2) is 24.3 Å². The molecule has 4 heteroatoms. The monoisotopic (exact) mass is 294 g/mol. The largest absolute Gasteiger partial charge is 0.334 e. The van der Waals surface area contributed by atoms with Crippen LogP contribution in [0, 0.1) is 5.92 Å². The molecule has 2 amide bonds. The van der Waals surface area contributed by atoms with Crippen LogP contribution in [0.2, 0.25) is 5.02 Å². The lowest BCUT2D eigenvalue weighted by Gasteiger charge is -2.27. The summed E-state index contributed by atoms with van der Waals surface area (Å²) in [6, 6.07) is 7.57. The summed E-state index contributed by atoms with van der Waals surface area (Å²) in [6.45, 7) is 1.38. The molecular weight excluding hydrogens is 272 g/mol. The van der Waals surface area contributed by atoms with E-state index < -0.39 is 0 Å². The van der Waals surface area contributed by atoms with E-state index in [1.165, 1.54) is 32.1 Å². The van der Waals surface area contributed by atoms with Crippen molar-refractivity contribution in [3.05, 3.63) is 34.9 Å². The third-order valence-corrected chi connectivity index (χ3v) is 4.17. The number of carbonyl (C=O) groups is 1. The Morgan fingerprint density at radius 2 is 2.10 bits per heavy atom. The molecule has 0 saturated heterocycles. The van der Waals surface area contributed by atoms with Gasteiger partial charge in [0.25, 0.3) is 0 Å². The number of nitrogens with one attached hydrogen (secondary N) is 1. The van der Waals surface area contributed by atoms with Gasteiger partial charge in [0.05, 0.1) is 0 Å². The maximum Gasteiger partial charge on any atom is 0.317 e. The number of halogens is 1. The zero-order valence-corrected chi connectivity index (χ0v) is 12.8. The van der Waals surface area contributed by atoms with Crippen molar-refractivity contribution in [2.45, 2.75) is 38.6 Å². The summed E-state index contributed by atoms with van der Waals surface area (Å²) in [5, 5.41) is 3.65. The quantitative estimate of drug-likeness (QED) is 0.892. The molecule has 0 atom stereocenters. The second-order valence-corrected chi connectivity index (χ2v) is 6.11. The fraction of sp³-hybridized carbons (Fsp3) is 0.562. The summed E-state index contributed by atoms with van der Waals surface area (Å²) >= 11 is 5.93. The molecule has 0 aromatic heterocycles. The number of urea groups is 1. The first kappa shape index (κ1) is 15.2. The molecule has 3 nitrogen and oxygen atoms in total. The van der Waals surface area contributed by atoms with Gasteiger partial charge in [-0.25, -0.2) is 4.79 Å². The Balaban J connectivity index is 1.76. The van der Waals surface area contributed by atoms with Crippen LogP contribution in [0.25, 0.3) is 0 Å². The van der Waals surface area contributed by atoms with Crippen LogP contribution in [0.4, 0.5) is 4.79 Å². The van der Waals surface area contributed by atoms with Gasteiger partial charge in [-0.05, 0) is 36.5 Å². The summed E-state index contributed by atoms with van der Waals surface area (Å²) in [5.41, 5.74) is 1.02. The van der Waals surface area contributed by atoms with E-state index in [0.717, 1.165) is 12.1 Å². The number of carbonyl (C=O) groups excluding carboxylic acids is 1. The highest BCUT2D eigenvalue weighted by atomic mass is 35.5. The average Bonchev–Trinajstić information content (AvgIpc) is 2.46. The van der Waals surface area contributed by atoms with Crippen molar-refractivity contribution >= 4 is 17.6 Å². The molecule has 1 aliphatic carbocycles. The Morgan fingerprint density at radius 1 is 1.35 bits per heavy atom. The summed E-state index contributed by atoms with van der Waals surface area (Å²) < 4.78 is 0. The smallest absolute Gasteiger partial charge is 0.317 e. The van der Waals surface area contributed by atoms with E-state index in [0.29, 0.717) is 17.5 Å². The maximum absolute atomic E-state index is 12.1. The predicted molar refractivity (Wildman–Crippen MR) is 82.9 cm³/mol. The zero-order chi connectivity index (χ0) is 14.4. The lowest BCUT2D eigenvalue weighted by atomic mass is 9.89. The molecule has 1 saturated carbocycles. The van der Waals surface area contributed by atoms with Crippen molar-refractivity contribution in [2.24, 2.45) is 5.92 Å². The van der Waals surface area contributed by atoms with Gasteiger partial charge in [-0.1, -0.05) is 43.0 Å². The molecule has 1 fully saturated rings. The molecule has 0 spiro atoms. The highest BCUT2D eigenvalue weighted by molar-refractivity contribution is 6.30. The lowest BCUT2D eigenvalue weighted by Crippen LogP contribution is -2.39. The molecule has 0 radical (unpaired) electrons. The van der Waals surface area contributed by atoms with Crippen LogP contribution >= 0.6 is 11.6 Å². The molecule has 2 rings (SSSR count). The number of rotatable bonds is 4. The third-order valence-electron chi connectivity index (χ3n) is 3.94. The van der Waals surface area contributed by atoms with Crippen molar-refractivity contribution in [1.29, 1.82) is 0 Å². The number of hydrogen-bond acceptors (Lipinski definition) is 1. The summed E-state index contributed by atoms with van der Waals surface area (Å²) in [6.07, 6.45) is 6.48. The molecule has 1 aliphatic rings. The molecule has 0 bridgehead atoms.